The Balaban J connectivity index is 1.77. The van der Waals surface area contributed by atoms with Crippen molar-refractivity contribution < 1.29 is 0 Å². The van der Waals surface area contributed by atoms with Crippen LogP contribution in [-0.2, 0) is 19.1 Å². The molecule has 0 saturated carbocycles. The zero-order valence-corrected chi connectivity index (χ0v) is 14.0. The Kier molecular flexibility index (Phi) is 4.06. The molecule has 0 bridgehead atoms. The maximum Gasteiger partial charge on any atom is 0.127 e. The van der Waals surface area contributed by atoms with Crippen LogP contribution in [0.15, 0.2) is 24.8 Å². The molecule has 6 heteroatoms. The first-order chi connectivity index (χ1) is 10.4. The van der Waals surface area contributed by atoms with Crippen molar-refractivity contribution in [1.82, 2.24) is 29.5 Å². The van der Waals surface area contributed by atoms with Crippen LogP contribution in [0.4, 0.5) is 0 Å². The highest BCUT2D eigenvalue weighted by Crippen LogP contribution is 2.23. The Bertz CT molecular complexity index is 621. The van der Waals surface area contributed by atoms with Crippen LogP contribution >= 0.6 is 0 Å². The van der Waals surface area contributed by atoms with Gasteiger partial charge in [0.25, 0.3) is 0 Å². The van der Waals surface area contributed by atoms with Gasteiger partial charge in [-0.1, -0.05) is 0 Å². The SMILES string of the molecule is Cn1ccnc1C1CNCCN1Cc1cnn(C(C)(C)C)c1. The van der Waals surface area contributed by atoms with Crippen molar-refractivity contribution in [1.29, 1.82) is 0 Å². The molecule has 3 rings (SSSR count). The summed E-state index contributed by atoms with van der Waals surface area (Å²) in [6, 6.07) is 0.312. The second kappa shape index (κ2) is 5.85. The topological polar surface area (TPSA) is 50.9 Å². The molecule has 2 aromatic rings. The van der Waals surface area contributed by atoms with Gasteiger partial charge in [0, 0.05) is 57.4 Å². The van der Waals surface area contributed by atoms with Gasteiger partial charge in [-0.3, -0.25) is 9.58 Å². The van der Waals surface area contributed by atoms with E-state index >= 15 is 0 Å². The molecule has 0 spiro atoms. The van der Waals surface area contributed by atoms with E-state index in [1.807, 2.05) is 23.3 Å². The normalized spacial score (nSPS) is 20.5. The molecule has 0 aliphatic carbocycles. The average Bonchev–Trinajstić information content (AvgIpc) is 3.08. The Hall–Kier alpha value is -1.66. The zero-order chi connectivity index (χ0) is 15.7. The van der Waals surface area contributed by atoms with Crippen LogP contribution in [0.1, 0.15) is 38.2 Å². The van der Waals surface area contributed by atoms with Crippen LogP contribution in [-0.4, -0.2) is 43.9 Å². The minimum Gasteiger partial charge on any atom is -0.337 e. The minimum absolute atomic E-state index is 0.0286. The third kappa shape index (κ3) is 3.08. The summed E-state index contributed by atoms with van der Waals surface area (Å²) in [4.78, 5) is 7.03. The highest BCUT2D eigenvalue weighted by atomic mass is 15.3. The van der Waals surface area contributed by atoms with Crippen molar-refractivity contribution >= 4 is 0 Å². The number of aryl methyl sites for hydroxylation is 1. The smallest absolute Gasteiger partial charge is 0.127 e. The molecule has 1 fully saturated rings. The van der Waals surface area contributed by atoms with Gasteiger partial charge in [0.05, 0.1) is 17.8 Å². The van der Waals surface area contributed by atoms with Crippen molar-refractivity contribution in [3.05, 3.63) is 36.2 Å². The molecule has 120 valence electrons. The number of rotatable bonds is 3. The maximum absolute atomic E-state index is 4.54. The fourth-order valence-corrected chi connectivity index (χ4v) is 2.93. The van der Waals surface area contributed by atoms with Gasteiger partial charge < -0.3 is 9.88 Å². The van der Waals surface area contributed by atoms with E-state index in [9.17, 15) is 0 Å². The van der Waals surface area contributed by atoms with Crippen LogP contribution in [0.5, 0.6) is 0 Å². The molecule has 1 N–H and O–H groups in total. The molecule has 1 atom stereocenters. The molecule has 1 aliphatic rings. The van der Waals surface area contributed by atoms with E-state index in [0.29, 0.717) is 6.04 Å². The van der Waals surface area contributed by atoms with E-state index in [-0.39, 0.29) is 5.54 Å². The lowest BCUT2D eigenvalue weighted by atomic mass is 10.1. The highest BCUT2D eigenvalue weighted by molar-refractivity contribution is 5.08. The molecule has 0 radical (unpaired) electrons. The van der Waals surface area contributed by atoms with Gasteiger partial charge in [0.2, 0.25) is 0 Å². The number of nitrogens with one attached hydrogen (secondary N) is 1. The summed E-state index contributed by atoms with van der Waals surface area (Å²) in [5, 5.41) is 7.99. The number of piperazine rings is 1. The van der Waals surface area contributed by atoms with E-state index in [2.05, 4.69) is 58.9 Å². The first-order valence-corrected chi connectivity index (χ1v) is 7.91. The standard InChI is InChI=1S/C16H26N6/c1-16(2,3)22-12-13(9-19-22)11-21-8-5-17-10-14(21)15-18-6-7-20(15)4/h6-7,9,12,14,17H,5,8,10-11H2,1-4H3. The van der Waals surface area contributed by atoms with E-state index in [1.165, 1.54) is 5.56 Å². The molecule has 0 amide bonds. The van der Waals surface area contributed by atoms with Crippen LogP contribution in [0, 0.1) is 0 Å². The fraction of sp³-hybridized carbons (Fsp3) is 0.625. The first kappa shape index (κ1) is 15.2. The highest BCUT2D eigenvalue weighted by Gasteiger charge is 2.27. The molecule has 22 heavy (non-hydrogen) atoms. The van der Waals surface area contributed by atoms with Crippen LogP contribution in [0.25, 0.3) is 0 Å². The number of nitrogens with zero attached hydrogens (tertiary/aromatic N) is 5. The van der Waals surface area contributed by atoms with Gasteiger partial charge in [-0.15, -0.1) is 0 Å². The lowest BCUT2D eigenvalue weighted by Gasteiger charge is -2.35. The van der Waals surface area contributed by atoms with Gasteiger partial charge >= 0.3 is 0 Å². The summed E-state index contributed by atoms with van der Waals surface area (Å²) >= 11 is 0. The van der Waals surface area contributed by atoms with E-state index in [4.69, 9.17) is 0 Å². The third-order valence-corrected chi connectivity index (χ3v) is 4.22. The number of aromatic nitrogens is 4. The molecule has 3 heterocycles. The van der Waals surface area contributed by atoms with Crippen LogP contribution < -0.4 is 5.32 Å². The molecule has 1 aliphatic heterocycles. The van der Waals surface area contributed by atoms with Crippen LogP contribution in [0.2, 0.25) is 0 Å². The predicted octanol–water partition coefficient (Wildman–Crippen LogP) is 1.52. The summed E-state index contributed by atoms with van der Waals surface area (Å²) in [5.41, 5.74) is 1.29. The second-order valence-corrected chi connectivity index (χ2v) is 7.05. The van der Waals surface area contributed by atoms with Gasteiger partial charge in [-0.2, -0.15) is 5.10 Å². The van der Waals surface area contributed by atoms with Crippen molar-refractivity contribution in [3.8, 4) is 0 Å². The second-order valence-electron chi connectivity index (χ2n) is 7.05. The van der Waals surface area contributed by atoms with Gasteiger partial charge in [-0.25, -0.2) is 4.98 Å². The Morgan fingerprint density at radius 2 is 2.18 bits per heavy atom. The third-order valence-electron chi connectivity index (χ3n) is 4.22. The molecule has 2 aromatic heterocycles. The average molecular weight is 302 g/mol. The van der Waals surface area contributed by atoms with Crippen molar-refractivity contribution in [2.24, 2.45) is 7.05 Å². The van der Waals surface area contributed by atoms with Crippen molar-refractivity contribution in [2.45, 2.75) is 38.9 Å². The van der Waals surface area contributed by atoms with Crippen molar-refractivity contribution in [3.63, 3.8) is 0 Å². The van der Waals surface area contributed by atoms with E-state index in [0.717, 1.165) is 32.0 Å². The fourth-order valence-electron chi connectivity index (χ4n) is 2.93. The summed E-state index contributed by atoms with van der Waals surface area (Å²) in [5.74, 6) is 1.12. The maximum atomic E-state index is 4.54. The largest absolute Gasteiger partial charge is 0.337 e. The first-order valence-electron chi connectivity index (χ1n) is 7.91. The van der Waals surface area contributed by atoms with E-state index < -0.39 is 0 Å². The summed E-state index contributed by atoms with van der Waals surface area (Å²) in [6.07, 6.45) is 8.04. The zero-order valence-electron chi connectivity index (χ0n) is 14.0. The predicted molar refractivity (Wildman–Crippen MR) is 86.5 cm³/mol. The molecular formula is C16H26N6. The molecule has 0 aromatic carbocycles. The Morgan fingerprint density at radius 3 is 2.82 bits per heavy atom. The molecule has 1 unspecified atom stereocenters. The summed E-state index contributed by atoms with van der Waals surface area (Å²) in [7, 11) is 2.06. The quantitative estimate of drug-likeness (QED) is 0.934. The van der Waals surface area contributed by atoms with Crippen LogP contribution in [0.3, 0.4) is 0 Å². The van der Waals surface area contributed by atoms with Gasteiger partial charge in [0.15, 0.2) is 0 Å². The minimum atomic E-state index is 0.0286. The monoisotopic (exact) mass is 302 g/mol. The number of hydrogen-bond acceptors (Lipinski definition) is 4. The lowest BCUT2D eigenvalue weighted by Crippen LogP contribution is -2.46. The van der Waals surface area contributed by atoms with Gasteiger partial charge in [0.1, 0.15) is 5.82 Å². The Morgan fingerprint density at radius 1 is 1.36 bits per heavy atom. The number of imidazole rings is 1. The van der Waals surface area contributed by atoms with Crippen molar-refractivity contribution in [2.75, 3.05) is 19.6 Å². The molecular weight excluding hydrogens is 276 g/mol. The molecule has 6 nitrogen and oxygen atoms in total. The molecule has 1 saturated heterocycles. The summed E-state index contributed by atoms with van der Waals surface area (Å²) in [6.45, 7) is 10.4. The van der Waals surface area contributed by atoms with E-state index in [1.54, 1.807) is 0 Å². The number of hydrogen-bond donors (Lipinski definition) is 1. The lowest BCUT2D eigenvalue weighted by molar-refractivity contribution is 0.144. The Labute approximate surface area is 132 Å². The van der Waals surface area contributed by atoms with Gasteiger partial charge in [-0.05, 0) is 20.8 Å². The summed E-state index contributed by atoms with van der Waals surface area (Å²) < 4.78 is 4.16.